The van der Waals surface area contributed by atoms with Gasteiger partial charge in [0, 0.05) is 72.9 Å². The summed E-state index contributed by atoms with van der Waals surface area (Å²) in [4.78, 5) is 37.2. The van der Waals surface area contributed by atoms with Crippen molar-refractivity contribution in [1.29, 1.82) is 0 Å². The smallest absolute Gasteiger partial charge is 0.326 e. The van der Waals surface area contributed by atoms with E-state index in [2.05, 4.69) is 95.9 Å². The first-order valence-electron chi connectivity index (χ1n) is 13.7. The summed E-state index contributed by atoms with van der Waals surface area (Å²) >= 11 is 1.18. The van der Waals surface area contributed by atoms with Crippen LogP contribution >= 0.6 is 11.8 Å². The average molecular weight is 749 g/mol. The van der Waals surface area contributed by atoms with E-state index >= 15 is 0 Å². The summed E-state index contributed by atoms with van der Waals surface area (Å²) in [5.41, 5.74) is -0.531. The molecule has 1 unspecified atom stereocenters. The zero-order valence-corrected chi connectivity index (χ0v) is 26.8. The summed E-state index contributed by atoms with van der Waals surface area (Å²) < 4.78 is 15.2. The first-order chi connectivity index (χ1) is 21.5. The molecule has 0 bridgehead atoms. The fraction of sp³-hybridized carbons (Fsp3) is 0.432. The maximum absolute atomic E-state index is 12.7. The van der Waals surface area contributed by atoms with E-state index < -0.39 is 35.5 Å². The molecule has 0 aromatic heterocycles. The normalized spacial score (nSPS) is 8.63. The minimum absolute atomic E-state index is 0. The van der Waals surface area contributed by atoms with Gasteiger partial charge in [0.2, 0.25) is 6.79 Å². The maximum Gasteiger partial charge on any atom is 0.326 e. The van der Waals surface area contributed by atoms with Gasteiger partial charge in [-0.2, -0.15) is 0 Å². The molecule has 6 nitrogen and oxygen atoms in total. The van der Waals surface area contributed by atoms with Crippen molar-refractivity contribution in [3.05, 3.63) is 35.9 Å². The van der Waals surface area contributed by atoms with E-state index in [1.165, 1.54) is 17.3 Å². The van der Waals surface area contributed by atoms with E-state index in [9.17, 15) is 14.4 Å². The second-order valence-electron chi connectivity index (χ2n) is 10.3. The van der Waals surface area contributed by atoms with Crippen LogP contribution in [0.15, 0.2) is 30.3 Å². The first-order valence-corrected chi connectivity index (χ1v) is 14.8. The first kappa shape index (κ1) is 57.7. The number of terminal acetylenes is 1. The molecule has 0 aliphatic carbocycles. The van der Waals surface area contributed by atoms with Crippen molar-refractivity contribution >= 4 is 29.7 Å². The number of carbonyl (C=O) groups is 3. The predicted molar refractivity (Wildman–Crippen MR) is 254 cm³/mol. The summed E-state index contributed by atoms with van der Waals surface area (Å²) in [7, 11) is 0. The molecule has 1 aromatic carbocycles. The highest BCUT2D eigenvalue weighted by atomic mass is 32.2. The van der Waals surface area contributed by atoms with Gasteiger partial charge in [-0.3, -0.25) is 14.4 Å². The second-order valence-corrected chi connectivity index (χ2v) is 11.3. The lowest BCUT2D eigenvalue weighted by Gasteiger charge is -2.27. The van der Waals surface area contributed by atoms with Gasteiger partial charge in [-0.05, 0) is 93.5 Å². The standard InChI is InChI=1S/C38H32O6S.6CH4.18H2/c1-7-9-10-11-12-13-14-15-16-17-18-19-20-24-27-42-36(41)38(5,6)30-45-29-34(39)43-31-44-35(40)37(3,4)28-32(8-2)33-25-22-21-23-26-33;;;;;;;;;;;;;;;;;;;;;;;;/h1,21-23,25-26,32H,8,28-31H2,2-6H3;6*1H4;18*1H. The van der Waals surface area contributed by atoms with Gasteiger partial charge in [0.1, 0.15) is 6.11 Å². The highest BCUT2D eigenvalue weighted by molar-refractivity contribution is 8.00. The molecule has 1 aromatic rings. The van der Waals surface area contributed by atoms with Gasteiger partial charge in [-0.1, -0.05) is 81.8 Å². The van der Waals surface area contributed by atoms with Gasteiger partial charge < -0.3 is 14.2 Å². The van der Waals surface area contributed by atoms with Crippen molar-refractivity contribution in [3.8, 4) is 95.4 Å². The zero-order chi connectivity index (χ0) is 33.4. The number of esters is 3. The summed E-state index contributed by atoms with van der Waals surface area (Å²) in [5, 5.41) is 0. The number of carbonyl (C=O) groups excluding carboxylic acids is 3. The van der Waals surface area contributed by atoms with Crippen LogP contribution in [0.25, 0.3) is 0 Å². The fourth-order valence-corrected chi connectivity index (χ4v) is 4.35. The van der Waals surface area contributed by atoms with E-state index in [4.69, 9.17) is 20.6 Å². The third-order valence-electron chi connectivity index (χ3n) is 5.74. The lowest BCUT2D eigenvalue weighted by Crippen LogP contribution is -2.30. The molecule has 0 amide bonds. The number of hydrogen-bond acceptors (Lipinski definition) is 7. The summed E-state index contributed by atoms with van der Waals surface area (Å²) in [6.07, 6.45) is 8.64. The lowest BCUT2D eigenvalue weighted by atomic mass is 9.79. The largest absolute Gasteiger partial charge is 0.427 e. The molecule has 0 saturated carbocycles. The Morgan fingerprint density at radius 1 is 0.706 bits per heavy atom. The van der Waals surface area contributed by atoms with E-state index in [0.29, 0.717) is 6.42 Å². The van der Waals surface area contributed by atoms with Gasteiger partial charge in [-0.25, -0.2) is 0 Å². The highest BCUT2D eigenvalue weighted by Gasteiger charge is 2.33. The van der Waals surface area contributed by atoms with E-state index in [0.717, 1.165) is 6.42 Å². The maximum atomic E-state index is 12.7. The predicted octanol–water partition coefficient (Wildman–Crippen LogP) is 12.8. The Morgan fingerprint density at radius 2 is 1.18 bits per heavy atom. The highest BCUT2D eigenvalue weighted by Crippen LogP contribution is 2.34. The van der Waals surface area contributed by atoms with Gasteiger partial charge >= 0.3 is 17.9 Å². The Morgan fingerprint density at radius 3 is 1.65 bits per heavy atom. The van der Waals surface area contributed by atoms with Crippen molar-refractivity contribution in [2.75, 3.05) is 18.3 Å². The van der Waals surface area contributed by atoms with Crippen molar-refractivity contribution in [2.24, 2.45) is 10.8 Å². The van der Waals surface area contributed by atoms with Crippen molar-refractivity contribution < 1.29 is 54.3 Å². The number of hydrogen-bond donors (Lipinski definition) is 0. The van der Waals surface area contributed by atoms with Crippen molar-refractivity contribution in [2.45, 2.75) is 97.9 Å². The van der Waals surface area contributed by atoms with Crippen molar-refractivity contribution in [1.82, 2.24) is 0 Å². The third-order valence-corrected chi connectivity index (χ3v) is 7.10. The Bertz CT molecular complexity index is 1750. The number of rotatable bonds is 12. The molecule has 0 radical (unpaired) electrons. The SMILES string of the molecule is C.C.C.C.C.C.C#CC#CC#CC#CC#CC#CC#CC#COC(=O)C(C)(C)CSCC(=O)OCOC(=O)C(C)(C)CC(CC)c1ccccc1.[HH].[HH].[HH].[HH].[HH].[HH].[HH].[HH].[HH].[HH].[HH].[HH].[HH].[HH].[HH].[HH].[HH].[HH]. The van der Waals surface area contributed by atoms with Crippen molar-refractivity contribution in [3.63, 3.8) is 0 Å². The molecule has 0 heterocycles. The Balaban J connectivity index is -0.0000000384. The minimum Gasteiger partial charge on any atom is -0.427 e. The monoisotopic (exact) mass is 749 g/mol. The molecule has 0 fully saturated rings. The summed E-state index contributed by atoms with van der Waals surface area (Å²) in [6.45, 7) is 8.56. The van der Waals surface area contributed by atoms with Crippen LogP contribution in [-0.2, 0) is 28.6 Å². The zero-order valence-electron chi connectivity index (χ0n) is 25.9. The molecule has 0 aliphatic heterocycles. The average Bonchev–Trinajstić information content (AvgIpc) is 3.01. The second kappa shape index (κ2) is 33.0. The Labute approximate surface area is 342 Å². The summed E-state index contributed by atoms with van der Waals surface area (Å²) in [6, 6.07) is 10.0. The lowest BCUT2D eigenvalue weighted by molar-refractivity contribution is -0.173. The number of thioether (sulfide) groups is 1. The van der Waals surface area contributed by atoms with Crippen LogP contribution in [0.1, 0.15) is 129 Å². The molecule has 1 atom stereocenters. The summed E-state index contributed by atoms with van der Waals surface area (Å²) in [5.74, 6) is 32.5. The number of ether oxygens (including phenoxy) is 3. The molecule has 0 spiro atoms. The van der Waals surface area contributed by atoms with Crippen LogP contribution in [0.4, 0.5) is 0 Å². The molecular formula is C44H92O6S. The van der Waals surface area contributed by atoms with E-state index in [1.54, 1.807) is 13.8 Å². The molecule has 7 heteroatoms. The van der Waals surface area contributed by atoms with Crippen LogP contribution in [0.2, 0.25) is 0 Å². The molecule has 0 N–H and O–H groups in total. The Hall–Kier alpha value is -5.54. The van der Waals surface area contributed by atoms with Gasteiger partial charge in [0.25, 0.3) is 0 Å². The Kier molecular flexibility index (Phi) is 37.3. The van der Waals surface area contributed by atoms with E-state index in [-0.39, 0.29) is 87.7 Å². The molecular weight excluding hydrogens is 657 g/mol. The van der Waals surface area contributed by atoms with Crippen LogP contribution in [0.5, 0.6) is 0 Å². The van der Waals surface area contributed by atoms with E-state index in [1.807, 2.05) is 44.2 Å². The quantitative estimate of drug-likeness (QED) is 0.120. The van der Waals surface area contributed by atoms with Gasteiger partial charge in [0.05, 0.1) is 16.6 Å². The molecule has 1 rings (SSSR count). The van der Waals surface area contributed by atoms with Gasteiger partial charge in [-0.15, -0.1) is 18.2 Å². The topological polar surface area (TPSA) is 78.9 Å². The minimum atomic E-state index is -0.938. The van der Waals surface area contributed by atoms with Gasteiger partial charge in [0.15, 0.2) is 0 Å². The van der Waals surface area contributed by atoms with Crippen LogP contribution in [-0.4, -0.2) is 36.2 Å². The van der Waals surface area contributed by atoms with Crippen LogP contribution in [0.3, 0.4) is 0 Å². The number of benzene rings is 1. The third kappa shape index (κ3) is 26.1. The fourth-order valence-electron chi connectivity index (χ4n) is 3.37. The molecule has 0 aliphatic rings. The molecule has 51 heavy (non-hydrogen) atoms. The molecule has 310 valence electrons. The van der Waals surface area contributed by atoms with Crippen LogP contribution < -0.4 is 0 Å². The van der Waals surface area contributed by atoms with Crippen LogP contribution in [0, 0.1) is 106 Å². The molecule has 0 saturated heterocycles.